The molecule has 134 valence electrons. The van der Waals surface area contributed by atoms with Crippen LogP contribution >= 0.6 is 23.2 Å². The van der Waals surface area contributed by atoms with Gasteiger partial charge in [-0.05, 0) is 41.8 Å². The molecule has 6 nitrogen and oxygen atoms in total. The van der Waals surface area contributed by atoms with Gasteiger partial charge >= 0.3 is 0 Å². The lowest BCUT2D eigenvalue weighted by Gasteiger charge is -2.31. The summed E-state index contributed by atoms with van der Waals surface area (Å²) in [6.07, 6.45) is 0.764. The molecule has 4 rings (SSSR count). The first-order valence-corrected chi connectivity index (χ1v) is 8.88. The van der Waals surface area contributed by atoms with Crippen LogP contribution in [0.25, 0.3) is 0 Å². The summed E-state index contributed by atoms with van der Waals surface area (Å²) in [6, 6.07) is 13.6. The van der Waals surface area contributed by atoms with Crippen molar-refractivity contribution < 1.29 is 4.74 Å². The van der Waals surface area contributed by atoms with Gasteiger partial charge in [-0.15, -0.1) is 5.10 Å². The Morgan fingerprint density at radius 3 is 2.54 bits per heavy atom. The van der Waals surface area contributed by atoms with Crippen LogP contribution in [0.1, 0.15) is 29.6 Å². The third-order valence-electron chi connectivity index (χ3n) is 4.55. The number of nitrogens with one attached hydrogen (secondary N) is 1. The maximum Gasteiger partial charge on any atom is 0.241 e. The SMILES string of the molecule is COc1ccc([C@H]2C[C@H](c3ccc(Cl)c(Cl)c3)Nc3nc(N)nn32)cc1. The Bertz CT molecular complexity index is 941. The van der Waals surface area contributed by atoms with Gasteiger partial charge in [0.1, 0.15) is 5.75 Å². The molecule has 2 atom stereocenters. The minimum absolute atomic E-state index is 0.00738. The summed E-state index contributed by atoms with van der Waals surface area (Å²) in [4.78, 5) is 4.31. The van der Waals surface area contributed by atoms with Crippen LogP contribution in [0, 0.1) is 0 Å². The highest BCUT2D eigenvalue weighted by Gasteiger charge is 2.31. The zero-order valence-corrected chi connectivity index (χ0v) is 15.5. The van der Waals surface area contributed by atoms with E-state index in [1.807, 2.05) is 41.1 Å². The summed E-state index contributed by atoms with van der Waals surface area (Å²) in [6.45, 7) is 0. The van der Waals surface area contributed by atoms with Gasteiger partial charge in [-0.25, -0.2) is 4.68 Å². The molecule has 3 N–H and O–H groups in total. The molecule has 1 aliphatic heterocycles. The van der Waals surface area contributed by atoms with Gasteiger partial charge < -0.3 is 15.8 Å². The number of fused-ring (bicyclic) bond motifs is 1. The molecular formula is C18H17Cl2N5O. The van der Waals surface area contributed by atoms with Crippen molar-refractivity contribution in [2.24, 2.45) is 0 Å². The summed E-state index contributed by atoms with van der Waals surface area (Å²) in [5.74, 6) is 1.67. The molecule has 1 aromatic heterocycles. The lowest BCUT2D eigenvalue weighted by molar-refractivity contribution is 0.411. The number of nitrogens with zero attached hydrogens (tertiary/aromatic N) is 3. The second kappa shape index (κ2) is 6.70. The van der Waals surface area contributed by atoms with Crippen LogP contribution in [0.2, 0.25) is 10.0 Å². The molecule has 0 saturated carbocycles. The van der Waals surface area contributed by atoms with Crippen molar-refractivity contribution in [3.8, 4) is 5.75 Å². The van der Waals surface area contributed by atoms with Gasteiger partial charge in [0.25, 0.3) is 0 Å². The van der Waals surface area contributed by atoms with Gasteiger partial charge in [0.15, 0.2) is 0 Å². The zero-order chi connectivity index (χ0) is 18.3. The number of aromatic nitrogens is 3. The molecule has 26 heavy (non-hydrogen) atoms. The fourth-order valence-electron chi connectivity index (χ4n) is 3.25. The van der Waals surface area contributed by atoms with Crippen LogP contribution in [0.15, 0.2) is 42.5 Å². The van der Waals surface area contributed by atoms with E-state index in [0.29, 0.717) is 16.0 Å². The lowest BCUT2D eigenvalue weighted by atomic mass is 9.93. The van der Waals surface area contributed by atoms with E-state index in [9.17, 15) is 0 Å². The first-order valence-electron chi connectivity index (χ1n) is 8.12. The molecule has 0 saturated heterocycles. The number of hydrogen-bond donors (Lipinski definition) is 2. The highest BCUT2D eigenvalue weighted by atomic mass is 35.5. The molecule has 0 spiro atoms. The van der Waals surface area contributed by atoms with E-state index < -0.39 is 0 Å². The van der Waals surface area contributed by atoms with Crippen LogP contribution in [0.5, 0.6) is 5.75 Å². The van der Waals surface area contributed by atoms with Crippen molar-refractivity contribution >= 4 is 35.1 Å². The van der Waals surface area contributed by atoms with Gasteiger partial charge in [-0.1, -0.05) is 41.4 Å². The average molecular weight is 390 g/mol. The fraction of sp³-hybridized carbons (Fsp3) is 0.222. The van der Waals surface area contributed by atoms with Gasteiger partial charge in [0.05, 0.1) is 29.2 Å². The predicted molar refractivity (Wildman–Crippen MR) is 103 cm³/mol. The average Bonchev–Trinajstić information content (AvgIpc) is 3.03. The molecule has 0 unspecified atom stereocenters. The normalized spacial score (nSPS) is 18.9. The van der Waals surface area contributed by atoms with Gasteiger partial charge in [-0.3, -0.25) is 0 Å². The minimum atomic E-state index is -0.0126. The summed E-state index contributed by atoms with van der Waals surface area (Å²) in [7, 11) is 1.65. The highest BCUT2D eigenvalue weighted by molar-refractivity contribution is 6.42. The van der Waals surface area contributed by atoms with E-state index in [0.717, 1.165) is 23.3 Å². The Balaban J connectivity index is 1.73. The first kappa shape index (κ1) is 17.0. The Morgan fingerprint density at radius 1 is 1.12 bits per heavy atom. The molecule has 0 radical (unpaired) electrons. The van der Waals surface area contributed by atoms with Crippen LogP contribution in [-0.2, 0) is 0 Å². The lowest BCUT2D eigenvalue weighted by Crippen LogP contribution is -2.28. The maximum atomic E-state index is 6.20. The standard InChI is InChI=1S/C18H17Cl2N5O/c1-26-12-5-2-10(3-6-12)16-9-15(11-4-7-13(19)14(20)8-11)22-18-23-17(21)24-25(16)18/h2-8,15-16H,9H2,1H3,(H3,21,22,23,24)/t15-,16-/m1/s1. The quantitative estimate of drug-likeness (QED) is 0.697. The van der Waals surface area contributed by atoms with Crippen molar-refractivity contribution in [1.29, 1.82) is 0 Å². The summed E-state index contributed by atoms with van der Waals surface area (Å²) in [5, 5.41) is 8.80. The van der Waals surface area contributed by atoms with Gasteiger partial charge in [0.2, 0.25) is 11.9 Å². The third kappa shape index (κ3) is 3.06. The Morgan fingerprint density at radius 2 is 1.85 bits per heavy atom. The largest absolute Gasteiger partial charge is 0.497 e. The zero-order valence-electron chi connectivity index (χ0n) is 14.0. The molecule has 0 fully saturated rings. The number of ether oxygens (including phenoxy) is 1. The number of anilines is 2. The van der Waals surface area contributed by atoms with Crippen molar-refractivity contribution in [3.63, 3.8) is 0 Å². The van der Waals surface area contributed by atoms with Crippen LogP contribution < -0.4 is 15.8 Å². The smallest absolute Gasteiger partial charge is 0.241 e. The van der Waals surface area contributed by atoms with E-state index >= 15 is 0 Å². The van der Waals surface area contributed by atoms with E-state index in [4.69, 9.17) is 33.7 Å². The number of halogens is 2. The molecular weight excluding hydrogens is 373 g/mol. The van der Waals surface area contributed by atoms with Crippen LogP contribution in [0.3, 0.4) is 0 Å². The summed E-state index contributed by atoms with van der Waals surface area (Å²) >= 11 is 12.2. The molecule has 2 aromatic carbocycles. The number of benzene rings is 2. The topological polar surface area (TPSA) is 78.0 Å². The van der Waals surface area contributed by atoms with E-state index in [1.165, 1.54) is 0 Å². The van der Waals surface area contributed by atoms with E-state index in [2.05, 4.69) is 15.4 Å². The molecule has 1 aliphatic rings. The maximum absolute atomic E-state index is 6.20. The molecule has 0 aliphatic carbocycles. The van der Waals surface area contributed by atoms with Crippen molar-refractivity contribution in [2.45, 2.75) is 18.5 Å². The number of nitrogen functional groups attached to an aromatic ring is 1. The molecule has 2 heterocycles. The fourth-order valence-corrected chi connectivity index (χ4v) is 3.55. The first-order chi connectivity index (χ1) is 12.5. The third-order valence-corrected chi connectivity index (χ3v) is 5.29. The monoisotopic (exact) mass is 389 g/mol. The predicted octanol–water partition coefficient (Wildman–Crippen LogP) is 4.32. The Labute approximate surface area is 160 Å². The number of methoxy groups -OCH3 is 1. The van der Waals surface area contributed by atoms with Crippen LogP contribution in [-0.4, -0.2) is 21.9 Å². The van der Waals surface area contributed by atoms with E-state index in [1.54, 1.807) is 13.2 Å². The summed E-state index contributed by atoms with van der Waals surface area (Å²) < 4.78 is 7.08. The Hall–Kier alpha value is -2.44. The van der Waals surface area contributed by atoms with Gasteiger partial charge in [-0.2, -0.15) is 4.98 Å². The van der Waals surface area contributed by atoms with Crippen molar-refractivity contribution in [1.82, 2.24) is 14.8 Å². The number of hydrogen-bond acceptors (Lipinski definition) is 5. The molecule has 8 heteroatoms. The van der Waals surface area contributed by atoms with E-state index in [-0.39, 0.29) is 18.0 Å². The molecule has 3 aromatic rings. The Kier molecular flexibility index (Phi) is 4.38. The van der Waals surface area contributed by atoms with Gasteiger partial charge in [0, 0.05) is 0 Å². The van der Waals surface area contributed by atoms with Crippen molar-refractivity contribution in [3.05, 3.63) is 63.6 Å². The number of rotatable bonds is 3. The minimum Gasteiger partial charge on any atom is -0.497 e. The number of nitrogens with two attached hydrogens (primary N) is 1. The second-order valence-electron chi connectivity index (χ2n) is 6.13. The molecule has 0 bridgehead atoms. The van der Waals surface area contributed by atoms with Crippen LogP contribution in [0.4, 0.5) is 11.9 Å². The second-order valence-corrected chi connectivity index (χ2v) is 6.95. The van der Waals surface area contributed by atoms with Crippen molar-refractivity contribution in [2.75, 3.05) is 18.2 Å². The summed E-state index contributed by atoms with van der Waals surface area (Å²) in [5.41, 5.74) is 7.96. The molecule has 0 amide bonds. The highest BCUT2D eigenvalue weighted by Crippen LogP contribution is 2.39.